The van der Waals surface area contributed by atoms with E-state index in [9.17, 15) is 4.79 Å². The van der Waals surface area contributed by atoms with Gasteiger partial charge in [0.2, 0.25) is 5.91 Å². The first kappa shape index (κ1) is 19.5. The van der Waals surface area contributed by atoms with Gasteiger partial charge in [0.1, 0.15) is 23.3 Å². The van der Waals surface area contributed by atoms with Crippen molar-refractivity contribution in [3.8, 4) is 17.3 Å². The summed E-state index contributed by atoms with van der Waals surface area (Å²) in [4.78, 5) is 31.3. The number of amides is 1. The molecule has 1 aliphatic carbocycles. The zero-order chi connectivity index (χ0) is 21.4. The van der Waals surface area contributed by atoms with Crippen LogP contribution in [0.25, 0.3) is 11.5 Å². The number of carbonyl (C=O) groups excluding carboxylic acids is 1. The third kappa shape index (κ3) is 3.50. The van der Waals surface area contributed by atoms with E-state index < -0.39 is 0 Å². The molecule has 2 aromatic heterocycles. The van der Waals surface area contributed by atoms with Crippen molar-refractivity contribution in [3.63, 3.8) is 0 Å². The molecular formula is C24H25N5O2. The smallest absolute Gasteiger partial charge is 0.249 e. The first-order chi connectivity index (χ1) is 15.2. The molecule has 158 valence electrons. The summed E-state index contributed by atoms with van der Waals surface area (Å²) in [6, 6.07) is 13.3. The van der Waals surface area contributed by atoms with Gasteiger partial charge in [-0.3, -0.25) is 9.78 Å². The van der Waals surface area contributed by atoms with Gasteiger partial charge >= 0.3 is 0 Å². The minimum absolute atomic E-state index is 0.111. The maximum atomic E-state index is 13.3. The van der Waals surface area contributed by atoms with Crippen molar-refractivity contribution in [2.75, 3.05) is 30.5 Å². The van der Waals surface area contributed by atoms with Crippen LogP contribution in [0.2, 0.25) is 0 Å². The number of anilines is 2. The molecule has 1 unspecified atom stereocenters. The summed E-state index contributed by atoms with van der Waals surface area (Å²) in [5.74, 6) is 2.25. The van der Waals surface area contributed by atoms with Crippen LogP contribution in [-0.2, 0) is 17.6 Å². The fraction of sp³-hybridized carbons (Fsp3) is 0.333. The second kappa shape index (κ2) is 7.98. The molecule has 0 saturated carbocycles. The second-order valence-electron chi connectivity index (χ2n) is 7.97. The molecule has 0 bridgehead atoms. The number of hydrogen-bond acceptors (Lipinski definition) is 6. The number of fused-ring (bicyclic) bond motifs is 1. The Morgan fingerprint density at radius 3 is 2.77 bits per heavy atom. The van der Waals surface area contributed by atoms with Crippen molar-refractivity contribution in [2.24, 2.45) is 0 Å². The number of pyridine rings is 1. The van der Waals surface area contributed by atoms with Crippen LogP contribution in [0, 0.1) is 0 Å². The van der Waals surface area contributed by atoms with Gasteiger partial charge in [-0.05, 0) is 43.9 Å². The molecular weight excluding hydrogens is 390 g/mol. The average Bonchev–Trinajstić information content (AvgIpc) is 3.45. The molecule has 7 nitrogen and oxygen atoms in total. The number of ether oxygens (including phenoxy) is 1. The van der Waals surface area contributed by atoms with Crippen molar-refractivity contribution in [3.05, 3.63) is 59.9 Å². The van der Waals surface area contributed by atoms with Gasteiger partial charge in [0, 0.05) is 42.8 Å². The van der Waals surface area contributed by atoms with E-state index in [4.69, 9.17) is 14.7 Å². The summed E-state index contributed by atoms with van der Waals surface area (Å²) >= 11 is 0. The Bertz CT molecular complexity index is 1120. The van der Waals surface area contributed by atoms with Gasteiger partial charge in [0.25, 0.3) is 0 Å². The number of methoxy groups -OCH3 is 1. The molecule has 1 atom stereocenters. The monoisotopic (exact) mass is 415 g/mol. The number of benzene rings is 1. The van der Waals surface area contributed by atoms with Crippen molar-refractivity contribution < 1.29 is 9.53 Å². The molecule has 2 aliphatic rings. The quantitative estimate of drug-likeness (QED) is 0.637. The Labute approximate surface area is 181 Å². The number of hydrogen-bond donors (Lipinski definition) is 0. The highest BCUT2D eigenvalue weighted by molar-refractivity contribution is 6.01. The van der Waals surface area contributed by atoms with Crippen LogP contribution in [0.4, 0.5) is 11.5 Å². The van der Waals surface area contributed by atoms with Gasteiger partial charge in [-0.1, -0.05) is 18.2 Å². The molecule has 3 aromatic rings. The summed E-state index contributed by atoms with van der Waals surface area (Å²) in [7, 11) is 3.60. The van der Waals surface area contributed by atoms with E-state index in [1.165, 1.54) is 0 Å². The molecule has 1 saturated heterocycles. The number of likely N-dealkylation sites (N-methyl/N-ethyl adjacent to an activating group) is 1. The van der Waals surface area contributed by atoms with E-state index in [1.54, 1.807) is 19.4 Å². The van der Waals surface area contributed by atoms with E-state index >= 15 is 0 Å². The first-order valence-corrected chi connectivity index (χ1v) is 10.6. The minimum Gasteiger partial charge on any atom is -0.497 e. The lowest BCUT2D eigenvalue weighted by Gasteiger charge is -2.27. The topological polar surface area (TPSA) is 71.5 Å². The third-order valence-corrected chi connectivity index (χ3v) is 6.15. The van der Waals surface area contributed by atoms with E-state index in [1.807, 2.05) is 53.2 Å². The summed E-state index contributed by atoms with van der Waals surface area (Å²) in [5.41, 5.74) is 3.83. The average molecular weight is 415 g/mol. The summed E-state index contributed by atoms with van der Waals surface area (Å²) < 4.78 is 5.34. The summed E-state index contributed by atoms with van der Waals surface area (Å²) in [6.45, 7) is 0.704. The number of carbonyl (C=O) groups is 1. The molecule has 3 heterocycles. The zero-order valence-electron chi connectivity index (χ0n) is 17.8. The second-order valence-corrected chi connectivity index (χ2v) is 7.97. The Hall–Kier alpha value is -3.48. The fourth-order valence-electron chi connectivity index (χ4n) is 4.52. The maximum absolute atomic E-state index is 13.3. The Kier molecular flexibility index (Phi) is 5.02. The van der Waals surface area contributed by atoms with Crippen molar-refractivity contribution >= 4 is 17.4 Å². The molecule has 0 radical (unpaired) electrons. The Morgan fingerprint density at radius 2 is 1.97 bits per heavy atom. The highest BCUT2D eigenvalue weighted by Crippen LogP contribution is 2.34. The van der Waals surface area contributed by atoms with Crippen molar-refractivity contribution in [1.29, 1.82) is 0 Å². The summed E-state index contributed by atoms with van der Waals surface area (Å²) in [5, 5.41) is 0. The Morgan fingerprint density at radius 1 is 1.13 bits per heavy atom. The largest absolute Gasteiger partial charge is 0.497 e. The van der Waals surface area contributed by atoms with Crippen LogP contribution in [0.3, 0.4) is 0 Å². The highest BCUT2D eigenvalue weighted by Gasteiger charge is 2.37. The van der Waals surface area contributed by atoms with E-state index in [0.29, 0.717) is 23.8 Å². The molecule has 1 aliphatic heterocycles. The van der Waals surface area contributed by atoms with Crippen LogP contribution in [-0.4, -0.2) is 47.6 Å². The van der Waals surface area contributed by atoms with Crippen LogP contribution >= 0.6 is 0 Å². The molecule has 1 aromatic carbocycles. The van der Waals surface area contributed by atoms with Gasteiger partial charge in [-0.25, -0.2) is 9.97 Å². The van der Waals surface area contributed by atoms with E-state index in [0.717, 1.165) is 48.4 Å². The van der Waals surface area contributed by atoms with Crippen LogP contribution in [0.1, 0.15) is 24.1 Å². The molecule has 0 N–H and O–H groups in total. The van der Waals surface area contributed by atoms with Gasteiger partial charge in [0.15, 0.2) is 5.82 Å². The zero-order valence-corrected chi connectivity index (χ0v) is 17.8. The van der Waals surface area contributed by atoms with Crippen LogP contribution < -0.4 is 14.5 Å². The summed E-state index contributed by atoms with van der Waals surface area (Å²) in [6.07, 6.45) is 5.37. The Balaban J connectivity index is 1.50. The molecule has 1 fully saturated rings. The highest BCUT2D eigenvalue weighted by atomic mass is 16.5. The SMILES string of the molecule is COc1ccnc(-c2nc3c(c(N(C)C4CCN(c5ccccc5)C4=O)n2)CCC3)c1. The molecule has 0 spiro atoms. The predicted molar refractivity (Wildman–Crippen MR) is 119 cm³/mol. The van der Waals surface area contributed by atoms with Crippen molar-refractivity contribution in [2.45, 2.75) is 31.7 Å². The fourth-order valence-corrected chi connectivity index (χ4v) is 4.52. The standard InChI is InChI=1S/C24H25N5O2/c1-28(21-12-14-29(24(21)30)16-7-4-3-5-8-16)23-18-9-6-10-19(18)26-22(27-23)20-15-17(31-2)11-13-25-20/h3-5,7-8,11,13,15,21H,6,9-10,12,14H2,1-2H3. The van der Waals surface area contributed by atoms with Crippen LogP contribution in [0.15, 0.2) is 48.7 Å². The van der Waals surface area contributed by atoms with E-state index in [-0.39, 0.29) is 11.9 Å². The van der Waals surface area contributed by atoms with Gasteiger partial charge < -0.3 is 14.5 Å². The minimum atomic E-state index is -0.245. The van der Waals surface area contributed by atoms with Gasteiger partial charge in [0.05, 0.1) is 7.11 Å². The van der Waals surface area contributed by atoms with Crippen molar-refractivity contribution in [1.82, 2.24) is 15.0 Å². The molecule has 1 amide bonds. The number of aromatic nitrogens is 3. The third-order valence-electron chi connectivity index (χ3n) is 6.15. The number of nitrogens with zero attached hydrogens (tertiary/aromatic N) is 5. The van der Waals surface area contributed by atoms with Gasteiger partial charge in [-0.15, -0.1) is 0 Å². The first-order valence-electron chi connectivity index (χ1n) is 10.6. The molecule has 7 heteroatoms. The molecule has 5 rings (SSSR count). The predicted octanol–water partition coefficient (Wildman–Crippen LogP) is 3.28. The van der Waals surface area contributed by atoms with Crippen LogP contribution in [0.5, 0.6) is 5.75 Å². The van der Waals surface area contributed by atoms with Gasteiger partial charge in [-0.2, -0.15) is 0 Å². The number of aryl methyl sites for hydroxylation is 1. The normalized spacial score (nSPS) is 17.7. The van der Waals surface area contributed by atoms with E-state index in [2.05, 4.69) is 4.98 Å². The lowest BCUT2D eigenvalue weighted by atomic mass is 10.1. The molecule has 31 heavy (non-hydrogen) atoms. The lowest BCUT2D eigenvalue weighted by molar-refractivity contribution is -0.118. The number of para-hydroxylation sites is 1. The maximum Gasteiger partial charge on any atom is 0.249 e. The number of rotatable bonds is 5. The lowest BCUT2D eigenvalue weighted by Crippen LogP contribution is -2.40.